The summed E-state index contributed by atoms with van der Waals surface area (Å²) in [6, 6.07) is 102. The lowest BCUT2D eigenvalue weighted by Gasteiger charge is -2.48. The Kier molecular flexibility index (Phi) is 12.2. The minimum Gasteiger partial charge on any atom is -0.310 e. The van der Waals surface area contributed by atoms with E-state index in [1.165, 1.54) is 55.7 Å². The Balaban J connectivity index is 1.18. The van der Waals surface area contributed by atoms with E-state index < -0.39 is 5.41 Å². The Morgan fingerprint density at radius 1 is 0.314 bits per heavy atom. The van der Waals surface area contributed by atoms with Crippen LogP contribution in [0.15, 0.2) is 285 Å². The van der Waals surface area contributed by atoms with Crippen molar-refractivity contribution < 1.29 is 0 Å². The molecule has 0 bridgehead atoms. The predicted molar refractivity (Wildman–Crippen MR) is 296 cm³/mol. The standard InChI is InChI=1S/C68H54N2/c1-50-23-21-37-62(47-50)69(58-33-17-7-18-34-58)60-43-39-52(40-44-60)64-49-65(53-25-9-3-10-26-53)68(56-31-15-6-16-32-56,67(55-29-13-5-14-30-55)66(64)54-27-11-4-12-28-54)57-41-45-61(46-42-57)70(59-35-19-8-20-36-59)63-38-22-24-51(2)48-63/h3-49,65H,1-2H3. The van der Waals surface area contributed by atoms with Gasteiger partial charge in [0.25, 0.3) is 0 Å². The molecule has 0 saturated heterocycles. The van der Waals surface area contributed by atoms with Crippen molar-refractivity contribution in [2.75, 3.05) is 9.80 Å². The average Bonchev–Trinajstić information content (AvgIpc) is 3.42. The Morgan fingerprint density at radius 3 is 1.19 bits per heavy atom. The van der Waals surface area contributed by atoms with Gasteiger partial charge in [-0.15, -0.1) is 0 Å². The second-order valence-corrected chi connectivity index (χ2v) is 18.2. The van der Waals surface area contributed by atoms with Crippen LogP contribution in [-0.4, -0.2) is 0 Å². The first kappa shape index (κ1) is 43.8. The van der Waals surface area contributed by atoms with Gasteiger partial charge in [0.2, 0.25) is 0 Å². The quantitative estimate of drug-likeness (QED) is 0.121. The zero-order chi connectivity index (χ0) is 47.3. The van der Waals surface area contributed by atoms with E-state index in [9.17, 15) is 0 Å². The van der Waals surface area contributed by atoms with E-state index in [1.54, 1.807) is 0 Å². The third-order valence-corrected chi connectivity index (χ3v) is 13.8. The SMILES string of the molecule is Cc1cccc(N(c2ccccc2)c2ccc(C3=CC(c4ccccc4)C(c4ccccc4)(c4ccc(N(c5ccccc5)c5cccc(C)c5)cc4)C(c4ccccc4)=C3c3ccccc3)cc2)c1. The largest absolute Gasteiger partial charge is 0.310 e. The molecule has 0 heterocycles. The number of nitrogens with zero attached hydrogens (tertiary/aromatic N) is 2. The highest BCUT2D eigenvalue weighted by molar-refractivity contribution is 6.19. The molecule has 1 aliphatic carbocycles. The maximum absolute atomic E-state index is 2.58. The molecule has 0 saturated carbocycles. The van der Waals surface area contributed by atoms with E-state index in [4.69, 9.17) is 0 Å². The molecule has 2 heteroatoms. The summed E-state index contributed by atoms with van der Waals surface area (Å²) in [4.78, 5) is 4.72. The molecule has 0 amide bonds. The predicted octanol–water partition coefficient (Wildman–Crippen LogP) is 18.0. The highest BCUT2D eigenvalue weighted by Crippen LogP contribution is 2.61. The van der Waals surface area contributed by atoms with Gasteiger partial charge in [-0.1, -0.05) is 212 Å². The summed E-state index contributed by atoms with van der Waals surface area (Å²) in [5.41, 5.74) is 19.2. The van der Waals surface area contributed by atoms with Crippen LogP contribution in [0.25, 0.3) is 16.7 Å². The Bertz CT molecular complexity index is 3400. The fraction of sp³-hybridized carbons (Fsp3) is 0.0588. The van der Waals surface area contributed by atoms with Crippen LogP contribution in [0.2, 0.25) is 0 Å². The first-order valence-corrected chi connectivity index (χ1v) is 24.3. The molecular formula is C68H54N2. The summed E-state index contributed by atoms with van der Waals surface area (Å²) in [7, 11) is 0. The van der Waals surface area contributed by atoms with E-state index in [0.717, 1.165) is 39.7 Å². The van der Waals surface area contributed by atoms with Crippen molar-refractivity contribution >= 4 is 50.8 Å². The molecular weight excluding hydrogens is 845 g/mol. The fourth-order valence-electron chi connectivity index (χ4n) is 10.8. The monoisotopic (exact) mass is 898 g/mol. The second kappa shape index (κ2) is 19.5. The minimum absolute atomic E-state index is 0.130. The van der Waals surface area contributed by atoms with E-state index >= 15 is 0 Å². The van der Waals surface area contributed by atoms with E-state index in [-0.39, 0.29) is 5.92 Å². The zero-order valence-electron chi connectivity index (χ0n) is 39.6. The van der Waals surface area contributed by atoms with Gasteiger partial charge in [0.1, 0.15) is 0 Å². The normalized spacial score (nSPS) is 15.5. The minimum atomic E-state index is -0.701. The Labute approximate surface area is 413 Å². The van der Waals surface area contributed by atoms with Gasteiger partial charge >= 0.3 is 0 Å². The van der Waals surface area contributed by atoms with Crippen LogP contribution < -0.4 is 9.80 Å². The van der Waals surface area contributed by atoms with Crippen LogP contribution in [0.5, 0.6) is 0 Å². The summed E-state index contributed by atoms with van der Waals surface area (Å²) in [5, 5.41) is 0. The average molecular weight is 899 g/mol. The summed E-state index contributed by atoms with van der Waals surface area (Å²) in [6.07, 6.45) is 2.58. The van der Waals surface area contributed by atoms with Gasteiger partial charge in [0.05, 0.1) is 5.41 Å². The van der Waals surface area contributed by atoms with Crippen LogP contribution in [-0.2, 0) is 5.41 Å². The van der Waals surface area contributed by atoms with Gasteiger partial charge in [-0.3, -0.25) is 0 Å². The Morgan fingerprint density at radius 2 is 0.700 bits per heavy atom. The molecule has 0 fully saturated rings. The van der Waals surface area contributed by atoms with E-state index in [1.807, 2.05) is 0 Å². The number of para-hydroxylation sites is 2. The van der Waals surface area contributed by atoms with Gasteiger partial charge in [-0.2, -0.15) is 0 Å². The summed E-state index contributed by atoms with van der Waals surface area (Å²) < 4.78 is 0. The van der Waals surface area contributed by atoms with Crippen LogP contribution in [0.4, 0.5) is 34.1 Å². The lowest BCUT2D eigenvalue weighted by molar-refractivity contribution is 0.587. The summed E-state index contributed by atoms with van der Waals surface area (Å²) in [6.45, 7) is 4.32. The molecule has 0 radical (unpaired) electrons. The maximum atomic E-state index is 2.58. The fourth-order valence-corrected chi connectivity index (χ4v) is 10.8. The van der Waals surface area contributed by atoms with Gasteiger partial charge in [-0.05, 0) is 148 Å². The molecule has 2 atom stereocenters. The van der Waals surface area contributed by atoms with Crippen molar-refractivity contribution in [3.63, 3.8) is 0 Å². The van der Waals surface area contributed by atoms with E-state index in [2.05, 4.69) is 309 Å². The molecule has 70 heavy (non-hydrogen) atoms. The number of allylic oxidation sites excluding steroid dienone is 4. The molecule has 10 aromatic carbocycles. The van der Waals surface area contributed by atoms with Crippen molar-refractivity contribution in [2.24, 2.45) is 0 Å². The highest BCUT2D eigenvalue weighted by Gasteiger charge is 2.50. The molecule has 2 unspecified atom stereocenters. The molecule has 11 rings (SSSR count). The number of aryl methyl sites for hydroxylation is 2. The van der Waals surface area contributed by atoms with Crippen LogP contribution in [0.1, 0.15) is 50.4 Å². The first-order valence-electron chi connectivity index (χ1n) is 24.3. The number of anilines is 6. The van der Waals surface area contributed by atoms with Crippen LogP contribution in [0.3, 0.4) is 0 Å². The van der Waals surface area contributed by atoms with Gasteiger partial charge < -0.3 is 9.80 Å². The van der Waals surface area contributed by atoms with Crippen LogP contribution >= 0.6 is 0 Å². The third-order valence-electron chi connectivity index (χ3n) is 13.8. The smallest absolute Gasteiger partial charge is 0.0566 e. The second-order valence-electron chi connectivity index (χ2n) is 18.2. The maximum Gasteiger partial charge on any atom is 0.0566 e. The van der Waals surface area contributed by atoms with Gasteiger partial charge in [-0.25, -0.2) is 0 Å². The number of benzene rings is 10. The highest BCUT2D eigenvalue weighted by atomic mass is 15.1. The molecule has 0 N–H and O–H groups in total. The molecule has 0 aliphatic heterocycles. The van der Waals surface area contributed by atoms with Crippen molar-refractivity contribution in [1.29, 1.82) is 0 Å². The van der Waals surface area contributed by atoms with Crippen molar-refractivity contribution in [3.8, 4) is 0 Å². The summed E-state index contributed by atoms with van der Waals surface area (Å²) in [5.74, 6) is -0.130. The zero-order valence-corrected chi connectivity index (χ0v) is 39.6. The lowest BCUT2D eigenvalue weighted by Crippen LogP contribution is -2.39. The molecule has 2 nitrogen and oxygen atoms in total. The van der Waals surface area contributed by atoms with Gasteiger partial charge in [0.15, 0.2) is 0 Å². The van der Waals surface area contributed by atoms with Crippen LogP contribution in [0, 0.1) is 13.8 Å². The number of rotatable bonds is 12. The van der Waals surface area contributed by atoms with Crippen molar-refractivity contribution in [3.05, 3.63) is 330 Å². The number of hydrogen-bond donors (Lipinski definition) is 0. The molecule has 336 valence electrons. The molecule has 1 aliphatic rings. The van der Waals surface area contributed by atoms with Crippen molar-refractivity contribution in [2.45, 2.75) is 25.2 Å². The number of hydrogen-bond acceptors (Lipinski definition) is 2. The Hall–Kier alpha value is -8.72. The molecule has 0 spiro atoms. The summed E-state index contributed by atoms with van der Waals surface area (Å²) >= 11 is 0. The van der Waals surface area contributed by atoms with Gasteiger partial charge in [0, 0.05) is 40.0 Å². The first-order chi connectivity index (χ1) is 34.6. The third kappa shape index (κ3) is 8.35. The molecule has 10 aromatic rings. The van der Waals surface area contributed by atoms with E-state index in [0.29, 0.717) is 0 Å². The van der Waals surface area contributed by atoms with Crippen molar-refractivity contribution in [1.82, 2.24) is 0 Å². The molecule has 0 aromatic heterocycles. The lowest BCUT2D eigenvalue weighted by atomic mass is 9.54. The topological polar surface area (TPSA) is 6.48 Å².